The normalized spacial score (nSPS) is 10.5. The van der Waals surface area contributed by atoms with Crippen LogP contribution in [0.3, 0.4) is 0 Å². The molecule has 0 saturated carbocycles. The largest absolute Gasteiger partial charge is 0.507 e. The molecule has 1 aromatic heterocycles. The number of phenols is 1. The molecule has 0 aliphatic heterocycles. The zero-order chi connectivity index (χ0) is 10.8. The molecule has 4 nitrogen and oxygen atoms in total. The lowest BCUT2D eigenvalue weighted by atomic mass is 10.1. The fourth-order valence-electron chi connectivity index (χ4n) is 1.64. The summed E-state index contributed by atoms with van der Waals surface area (Å²) in [4.78, 5) is 14.2. The van der Waals surface area contributed by atoms with Crippen molar-refractivity contribution in [1.29, 1.82) is 0 Å². The van der Waals surface area contributed by atoms with E-state index in [9.17, 15) is 9.90 Å². The second-order valence-electron chi connectivity index (χ2n) is 3.36. The van der Waals surface area contributed by atoms with Gasteiger partial charge in [-0.15, -0.1) is 0 Å². The van der Waals surface area contributed by atoms with Gasteiger partial charge in [0.1, 0.15) is 5.75 Å². The predicted molar refractivity (Wildman–Crippen MR) is 57.7 cm³/mol. The lowest BCUT2D eigenvalue weighted by molar-refractivity contribution is -0.119. The van der Waals surface area contributed by atoms with Crippen LogP contribution in [-0.4, -0.2) is 23.0 Å². The molecular formula is C11H12N2O2. The molecule has 4 heteroatoms. The highest BCUT2D eigenvalue weighted by atomic mass is 16.3. The van der Waals surface area contributed by atoms with E-state index >= 15 is 0 Å². The smallest absolute Gasteiger partial charge is 0.224 e. The van der Waals surface area contributed by atoms with Crippen LogP contribution >= 0.6 is 0 Å². The summed E-state index contributed by atoms with van der Waals surface area (Å²) in [6.07, 6.45) is 2.02. The Bertz CT molecular complexity index is 502. The Balaban J connectivity index is 2.48. The number of likely N-dealkylation sites (N-methyl/N-ethyl adjacent to an activating group) is 1. The van der Waals surface area contributed by atoms with Gasteiger partial charge in [-0.3, -0.25) is 4.79 Å². The van der Waals surface area contributed by atoms with Gasteiger partial charge in [0.15, 0.2) is 0 Å². The van der Waals surface area contributed by atoms with Crippen LogP contribution in [0.25, 0.3) is 10.9 Å². The molecule has 1 aromatic carbocycles. The highest BCUT2D eigenvalue weighted by molar-refractivity contribution is 5.92. The van der Waals surface area contributed by atoms with E-state index in [0.717, 1.165) is 16.5 Å². The summed E-state index contributed by atoms with van der Waals surface area (Å²) in [5.74, 6) is 0.131. The van der Waals surface area contributed by atoms with Crippen molar-refractivity contribution >= 4 is 16.8 Å². The second-order valence-corrected chi connectivity index (χ2v) is 3.36. The average Bonchev–Trinajstić information content (AvgIpc) is 2.63. The van der Waals surface area contributed by atoms with Crippen molar-refractivity contribution in [1.82, 2.24) is 10.3 Å². The zero-order valence-electron chi connectivity index (χ0n) is 8.37. The Morgan fingerprint density at radius 3 is 3.07 bits per heavy atom. The lowest BCUT2D eigenvalue weighted by Gasteiger charge is -2.00. The molecule has 0 aliphatic rings. The van der Waals surface area contributed by atoms with E-state index in [2.05, 4.69) is 10.3 Å². The van der Waals surface area contributed by atoms with E-state index in [-0.39, 0.29) is 18.1 Å². The molecule has 2 rings (SSSR count). The number of carbonyl (C=O) groups excluding carboxylic acids is 1. The molecule has 0 saturated heterocycles. The molecule has 0 unspecified atom stereocenters. The molecule has 1 heterocycles. The minimum Gasteiger partial charge on any atom is -0.507 e. The van der Waals surface area contributed by atoms with Gasteiger partial charge in [0.05, 0.1) is 6.42 Å². The van der Waals surface area contributed by atoms with E-state index in [1.165, 1.54) is 0 Å². The second kappa shape index (κ2) is 3.65. The number of fused-ring (bicyclic) bond motifs is 1. The van der Waals surface area contributed by atoms with E-state index in [1.807, 2.05) is 6.07 Å². The van der Waals surface area contributed by atoms with Crippen molar-refractivity contribution in [3.63, 3.8) is 0 Å². The molecule has 78 valence electrons. The first-order chi connectivity index (χ1) is 7.22. The number of hydrogen-bond donors (Lipinski definition) is 3. The fourth-order valence-corrected chi connectivity index (χ4v) is 1.64. The number of benzene rings is 1. The first kappa shape index (κ1) is 9.58. The number of nitrogens with one attached hydrogen (secondary N) is 2. The van der Waals surface area contributed by atoms with Crippen LogP contribution in [0, 0.1) is 0 Å². The molecule has 0 aliphatic carbocycles. The Kier molecular flexibility index (Phi) is 2.33. The minimum absolute atomic E-state index is 0.0702. The summed E-state index contributed by atoms with van der Waals surface area (Å²) in [6.45, 7) is 0. The SMILES string of the molecule is CNC(=O)Cc1c[nH]c2cccc(O)c12. The van der Waals surface area contributed by atoms with E-state index < -0.39 is 0 Å². The lowest BCUT2D eigenvalue weighted by Crippen LogP contribution is -2.19. The van der Waals surface area contributed by atoms with Crippen molar-refractivity contribution < 1.29 is 9.90 Å². The van der Waals surface area contributed by atoms with Gasteiger partial charge in [0, 0.05) is 24.1 Å². The highest BCUT2D eigenvalue weighted by Crippen LogP contribution is 2.27. The predicted octanol–water partition coefficient (Wildman–Crippen LogP) is 1.16. The quantitative estimate of drug-likeness (QED) is 0.687. The Morgan fingerprint density at radius 2 is 2.33 bits per heavy atom. The topological polar surface area (TPSA) is 65.1 Å². The van der Waals surface area contributed by atoms with E-state index in [4.69, 9.17) is 0 Å². The molecule has 3 N–H and O–H groups in total. The maximum atomic E-state index is 11.2. The number of H-pyrrole nitrogens is 1. The first-order valence-electron chi connectivity index (χ1n) is 4.71. The number of aromatic hydroxyl groups is 1. The van der Waals surface area contributed by atoms with Gasteiger partial charge in [-0.25, -0.2) is 0 Å². The van der Waals surface area contributed by atoms with Crippen LogP contribution in [0.5, 0.6) is 5.75 Å². The molecule has 0 radical (unpaired) electrons. The van der Waals surface area contributed by atoms with Crippen molar-refractivity contribution in [2.24, 2.45) is 0 Å². The monoisotopic (exact) mass is 204 g/mol. The number of aromatic amines is 1. The Labute approximate surface area is 86.9 Å². The number of carbonyl (C=O) groups is 1. The van der Waals surface area contributed by atoms with E-state index in [0.29, 0.717) is 0 Å². The van der Waals surface area contributed by atoms with Gasteiger partial charge in [-0.1, -0.05) is 6.07 Å². The Hall–Kier alpha value is -1.97. The van der Waals surface area contributed by atoms with Gasteiger partial charge in [0.25, 0.3) is 0 Å². The van der Waals surface area contributed by atoms with E-state index in [1.54, 1.807) is 25.4 Å². The molecule has 0 bridgehead atoms. The molecule has 0 fully saturated rings. The Morgan fingerprint density at radius 1 is 1.53 bits per heavy atom. The van der Waals surface area contributed by atoms with Crippen LogP contribution < -0.4 is 5.32 Å². The van der Waals surface area contributed by atoms with Crippen LogP contribution in [0.4, 0.5) is 0 Å². The average molecular weight is 204 g/mol. The third-order valence-electron chi connectivity index (χ3n) is 2.40. The summed E-state index contributed by atoms with van der Waals surface area (Å²) in [7, 11) is 1.59. The van der Waals surface area contributed by atoms with Crippen molar-refractivity contribution in [3.8, 4) is 5.75 Å². The third-order valence-corrected chi connectivity index (χ3v) is 2.40. The fraction of sp³-hybridized carbons (Fsp3) is 0.182. The molecule has 0 spiro atoms. The van der Waals surface area contributed by atoms with Crippen molar-refractivity contribution in [2.45, 2.75) is 6.42 Å². The van der Waals surface area contributed by atoms with Gasteiger partial charge < -0.3 is 15.4 Å². The van der Waals surface area contributed by atoms with Crippen LogP contribution in [0.2, 0.25) is 0 Å². The maximum Gasteiger partial charge on any atom is 0.224 e. The molecule has 15 heavy (non-hydrogen) atoms. The number of amides is 1. The molecule has 1 amide bonds. The summed E-state index contributed by atoms with van der Waals surface area (Å²) in [5, 5.41) is 13.0. The summed E-state index contributed by atoms with van der Waals surface area (Å²) in [6, 6.07) is 5.24. The van der Waals surface area contributed by atoms with Gasteiger partial charge in [0.2, 0.25) is 5.91 Å². The van der Waals surface area contributed by atoms with Crippen molar-refractivity contribution in [3.05, 3.63) is 30.0 Å². The van der Waals surface area contributed by atoms with Crippen LogP contribution in [0.15, 0.2) is 24.4 Å². The standard InChI is InChI=1S/C11H12N2O2/c1-12-10(15)5-7-6-13-8-3-2-4-9(14)11(7)8/h2-4,6,13-14H,5H2,1H3,(H,12,15). The maximum absolute atomic E-state index is 11.2. The molecule has 2 aromatic rings. The number of rotatable bonds is 2. The molecule has 0 atom stereocenters. The summed E-state index contributed by atoms with van der Waals surface area (Å²) >= 11 is 0. The number of aromatic nitrogens is 1. The summed E-state index contributed by atoms with van der Waals surface area (Å²) in [5.41, 5.74) is 1.65. The van der Waals surface area contributed by atoms with Gasteiger partial charge in [-0.2, -0.15) is 0 Å². The highest BCUT2D eigenvalue weighted by Gasteiger charge is 2.10. The van der Waals surface area contributed by atoms with Crippen LogP contribution in [-0.2, 0) is 11.2 Å². The number of phenolic OH excluding ortho intramolecular Hbond substituents is 1. The summed E-state index contributed by atoms with van der Waals surface area (Å²) < 4.78 is 0. The zero-order valence-corrected chi connectivity index (χ0v) is 8.37. The van der Waals surface area contributed by atoms with Crippen molar-refractivity contribution in [2.75, 3.05) is 7.05 Å². The first-order valence-corrected chi connectivity index (χ1v) is 4.71. The third kappa shape index (κ3) is 1.66. The number of hydrogen-bond acceptors (Lipinski definition) is 2. The van der Waals surface area contributed by atoms with Crippen LogP contribution in [0.1, 0.15) is 5.56 Å². The van der Waals surface area contributed by atoms with Gasteiger partial charge >= 0.3 is 0 Å². The minimum atomic E-state index is -0.0702. The van der Waals surface area contributed by atoms with Gasteiger partial charge in [-0.05, 0) is 17.7 Å². The molecular weight excluding hydrogens is 192 g/mol.